The summed E-state index contributed by atoms with van der Waals surface area (Å²) in [6.07, 6.45) is 89.1. The van der Waals surface area contributed by atoms with E-state index in [1.807, 2.05) is 6.08 Å². The van der Waals surface area contributed by atoms with Crippen LogP contribution in [-0.2, 0) is 28.6 Å². The third kappa shape index (κ3) is 65.3. The lowest BCUT2D eigenvalue weighted by Gasteiger charge is -2.18. The lowest BCUT2D eigenvalue weighted by Crippen LogP contribution is -2.30. The van der Waals surface area contributed by atoms with Gasteiger partial charge in [-0.1, -0.05) is 305 Å². The molecule has 0 fully saturated rings. The third-order valence-electron chi connectivity index (χ3n) is 14.9. The van der Waals surface area contributed by atoms with Gasteiger partial charge in [-0.3, -0.25) is 14.4 Å². The van der Waals surface area contributed by atoms with Gasteiger partial charge in [0.15, 0.2) is 6.10 Å². The Morgan fingerprint density at radius 3 is 0.861 bits per heavy atom. The Bertz CT molecular complexity index is 1500. The summed E-state index contributed by atoms with van der Waals surface area (Å²) >= 11 is 0. The summed E-state index contributed by atoms with van der Waals surface area (Å²) in [5, 5.41) is 0. The Balaban J connectivity index is 4.29. The minimum atomic E-state index is -0.807. The molecule has 0 aliphatic carbocycles. The summed E-state index contributed by atoms with van der Waals surface area (Å²) in [5.74, 6) is -0.970. The van der Waals surface area contributed by atoms with Crippen molar-refractivity contribution in [2.45, 2.75) is 348 Å². The maximum atomic E-state index is 12.9. The van der Waals surface area contributed by atoms with Crippen molar-refractivity contribution in [2.24, 2.45) is 0 Å². The molecule has 0 aliphatic heterocycles. The van der Waals surface area contributed by atoms with Crippen LogP contribution in [0.1, 0.15) is 342 Å². The summed E-state index contributed by atoms with van der Waals surface area (Å²) in [5.41, 5.74) is 0. The molecular formula is C73H128O6. The molecule has 0 bridgehead atoms. The zero-order chi connectivity index (χ0) is 57.1. The maximum absolute atomic E-state index is 12.9. The van der Waals surface area contributed by atoms with E-state index < -0.39 is 6.10 Å². The summed E-state index contributed by atoms with van der Waals surface area (Å²) < 4.78 is 16.9. The second-order valence-corrected chi connectivity index (χ2v) is 22.7. The zero-order valence-corrected chi connectivity index (χ0v) is 52.4. The second kappa shape index (κ2) is 67.1. The molecule has 6 nitrogen and oxygen atoms in total. The number of allylic oxidation sites excluding steroid dienone is 14. The van der Waals surface area contributed by atoms with Crippen molar-refractivity contribution in [2.75, 3.05) is 13.2 Å². The van der Waals surface area contributed by atoms with Crippen LogP contribution in [0, 0.1) is 0 Å². The molecule has 0 amide bonds. The molecule has 6 heteroatoms. The molecule has 0 saturated heterocycles. The van der Waals surface area contributed by atoms with E-state index >= 15 is 0 Å². The number of rotatable bonds is 62. The number of hydrogen-bond donors (Lipinski definition) is 0. The number of esters is 3. The van der Waals surface area contributed by atoms with Crippen molar-refractivity contribution >= 4 is 17.9 Å². The highest BCUT2D eigenvalue weighted by Gasteiger charge is 2.19. The van der Waals surface area contributed by atoms with Crippen molar-refractivity contribution in [3.63, 3.8) is 0 Å². The quantitative estimate of drug-likeness (QED) is 0.0261. The van der Waals surface area contributed by atoms with Crippen LogP contribution in [0.25, 0.3) is 0 Å². The fourth-order valence-corrected chi connectivity index (χ4v) is 9.78. The lowest BCUT2D eigenvalue weighted by molar-refractivity contribution is -0.166. The smallest absolute Gasteiger partial charge is 0.306 e. The Labute approximate surface area is 490 Å². The van der Waals surface area contributed by atoms with E-state index in [4.69, 9.17) is 14.2 Å². The molecule has 0 radical (unpaired) electrons. The SMILES string of the molecule is CC/C=C\C/C=C\C/C=C\C/C=C\CCC(=O)OCC(COC(=O)CCCCCCCCCCCCCCCCC/C=C\C/C=C\CCCCCCC)OC(=O)CCCCCCCCCCC/C=C\CCCCCCCCCC. The van der Waals surface area contributed by atoms with Gasteiger partial charge >= 0.3 is 17.9 Å². The van der Waals surface area contributed by atoms with Crippen LogP contribution in [-0.4, -0.2) is 37.2 Å². The van der Waals surface area contributed by atoms with Gasteiger partial charge in [0.1, 0.15) is 13.2 Å². The van der Waals surface area contributed by atoms with Crippen LogP contribution in [0.3, 0.4) is 0 Å². The molecule has 456 valence electrons. The number of carbonyl (C=O) groups excluding carboxylic acids is 3. The van der Waals surface area contributed by atoms with Crippen molar-refractivity contribution in [1.29, 1.82) is 0 Å². The predicted octanol–water partition coefficient (Wildman–Crippen LogP) is 23.4. The van der Waals surface area contributed by atoms with E-state index in [9.17, 15) is 14.4 Å². The fraction of sp³-hybridized carbons (Fsp3) is 0.767. The van der Waals surface area contributed by atoms with E-state index in [0.29, 0.717) is 19.3 Å². The first-order valence-corrected chi connectivity index (χ1v) is 34.1. The lowest BCUT2D eigenvalue weighted by atomic mass is 10.0. The third-order valence-corrected chi connectivity index (χ3v) is 14.9. The molecule has 0 aromatic heterocycles. The normalized spacial score (nSPS) is 12.6. The van der Waals surface area contributed by atoms with E-state index in [0.717, 1.165) is 70.6 Å². The molecular weight excluding hydrogens is 973 g/mol. The molecule has 1 unspecified atom stereocenters. The Hall–Kier alpha value is -3.41. The highest BCUT2D eigenvalue weighted by atomic mass is 16.6. The number of ether oxygens (including phenoxy) is 3. The van der Waals surface area contributed by atoms with Crippen LogP contribution in [0.2, 0.25) is 0 Å². The van der Waals surface area contributed by atoms with E-state index in [1.165, 1.54) is 225 Å². The fourth-order valence-electron chi connectivity index (χ4n) is 9.78. The Kier molecular flexibility index (Phi) is 64.2. The highest BCUT2D eigenvalue weighted by molar-refractivity contribution is 5.71. The van der Waals surface area contributed by atoms with Gasteiger partial charge in [-0.05, 0) is 103 Å². The summed E-state index contributed by atoms with van der Waals surface area (Å²) in [6, 6.07) is 0. The molecule has 0 heterocycles. The van der Waals surface area contributed by atoms with Gasteiger partial charge in [0.05, 0.1) is 0 Å². The van der Waals surface area contributed by atoms with Crippen molar-refractivity contribution in [3.05, 3.63) is 85.1 Å². The Morgan fingerprint density at radius 2 is 0.519 bits per heavy atom. The van der Waals surface area contributed by atoms with Gasteiger partial charge in [0, 0.05) is 19.3 Å². The molecule has 0 N–H and O–H groups in total. The van der Waals surface area contributed by atoms with Crippen molar-refractivity contribution < 1.29 is 28.6 Å². The molecule has 0 aromatic carbocycles. The van der Waals surface area contributed by atoms with Crippen molar-refractivity contribution in [1.82, 2.24) is 0 Å². The number of hydrogen-bond acceptors (Lipinski definition) is 6. The van der Waals surface area contributed by atoms with Gasteiger partial charge < -0.3 is 14.2 Å². The zero-order valence-electron chi connectivity index (χ0n) is 52.4. The maximum Gasteiger partial charge on any atom is 0.306 e. The molecule has 0 aromatic rings. The van der Waals surface area contributed by atoms with Crippen LogP contribution in [0.15, 0.2) is 85.1 Å². The summed E-state index contributed by atoms with van der Waals surface area (Å²) in [6.45, 7) is 6.49. The van der Waals surface area contributed by atoms with Gasteiger partial charge in [0.25, 0.3) is 0 Å². The van der Waals surface area contributed by atoms with Crippen LogP contribution < -0.4 is 0 Å². The number of unbranched alkanes of at least 4 members (excludes halogenated alkanes) is 37. The van der Waals surface area contributed by atoms with Gasteiger partial charge in [-0.15, -0.1) is 0 Å². The van der Waals surface area contributed by atoms with Gasteiger partial charge in [-0.25, -0.2) is 0 Å². The molecule has 1 atom stereocenters. The van der Waals surface area contributed by atoms with E-state index in [1.54, 1.807) is 0 Å². The second-order valence-electron chi connectivity index (χ2n) is 22.7. The topological polar surface area (TPSA) is 78.9 Å². The molecule has 0 saturated carbocycles. The highest BCUT2D eigenvalue weighted by Crippen LogP contribution is 2.17. The van der Waals surface area contributed by atoms with Gasteiger partial charge in [0.2, 0.25) is 0 Å². The number of carbonyl (C=O) groups is 3. The molecule has 0 aliphatic rings. The largest absolute Gasteiger partial charge is 0.462 e. The Morgan fingerprint density at radius 1 is 0.266 bits per heavy atom. The summed E-state index contributed by atoms with van der Waals surface area (Å²) in [4.78, 5) is 38.3. The summed E-state index contributed by atoms with van der Waals surface area (Å²) in [7, 11) is 0. The van der Waals surface area contributed by atoms with Crippen molar-refractivity contribution in [3.8, 4) is 0 Å². The van der Waals surface area contributed by atoms with Crippen LogP contribution >= 0.6 is 0 Å². The average molecular weight is 1100 g/mol. The molecule has 0 spiro atoms. The van der Waals surface area contributed by atoms with E-state index in [2.05, 4.69) is 99.8 Å². The predicted molar refractivity (Wildman–Crippen MR) is 344 cm³/mol. The van der Waals surface area contributed by atoms with E-state index in [-0.39, 0.29) is 37.5 Å². The standard InChI is InChI=1S/C73H128O6/c1-4-7-10-13-16-19-22-25-27-29-31-33-34-35-36-37-38-40-41-43-45-48-51-54-57-60-63-66-72(75)78-69-70(68-77-71(74)65-62-59-56-53-50-47-24-21-18-15-12-9-6-3)79-73(76)67-64-61-58-55-52-49-46-44-42-39-32-30-28-26-23-20-17-14-11-8-5-2/h9,12,18,21-22,25,29-32,47,50,56,59,70H,4-8,10-11,13-17,19-20,23-24,26-28,33-46,48-49,51-55,57-58,60-69H2,1-3H3/b12-9-,21-18-,25-22-,31-29-,32-30-,50-47-,59-56-. The van der Waals surface area contributed by atoms with Gasteiger partial charge in [-0.2, -0.15) is 0 Å². The first-order chi connectivity index (χ1) is 39.0. The minimum Gasteiger partial charge on any atom is -0.462 e. The molecule has 79 heavy (non-hydrogen) atoms. The van der Waals surface area contributed by atoms with Crippen LogP contribution in [0.4, 0.5) is 0 Å². The first kappa shape index (κ1) is 75.6. The minimum absolute atomic E-state index is 0.0973. The average Bonchev–Trinajstić information content (AvgIpc) is 3.45. The monoisotopic (exact) mass is 1100 g/mol. The molecule has 0 rings (SSSR count). The van der Waals surface area contributed by atoms with Crippen LogP contribution in [0.5, 0.6) is 0 Å². The first-order valence-electron chi connectivity index (χ1n) is 34.1.